The fraction of sp³-hybridized carbons (Fsp3) is 0.154. The molecule has 33 heavy (non-hydrogen) atoms. The molecule has 3 aromatic carbocycles. The normalized spacial score (nSPS) is 11.0. The molecular formula is C26H22F2N2O3. The van der Waals surface area contributed by atoms with Crippen LogP contribution in [0.5, 0.6) is 0 Å². The second kappa shape index (κ2) is 9.24. The van der Waals surface area contributed by atoms with Gasteiger partial charge in [-0.15, -0.1) is 0 Å². The van der Waals surface area contributed by atoms with Crippen LogP contribution in [0.4, 0.5) is 8.78 Å². The number of nitrogens with one attached hydrogen (secondary N) is 1. The van der Waals surface area contributed by atoms with Gasteiger partial charge in [-0.3, -0.25) is 9.59 Å². The van der Waals surface area contributed by atoms with Crippen molar-refractivity contribution in [1.82, 2.24) is 5.32 Å². The monoisotopic (exact) mass is 448 g/mol. The van der Waals surface area contributed by atoms with E-state index in [1.807, 2.05) is 6.92 Å². The quantitative estimate of drug-likeness (QED) is 0.407. The van der Waals surface area contributed by atoms with Gasteiger partial charge in [0.05, 0.1) is 5.56 Å². The molecule has 0 atom stereocenters. The molecular weight excluding hydrogens is 426 g/mol. The Kier molecular flexibility index (Phi) is 6.22. The number of nitrogens with two attached hydrogens (primary N) is 1. The van der Waals surface area contributed by atoms with E-state index in [0.29, 0.717) is 34.4 Å². The number of amides is 2. The van der Waals surface area contributed by atoms with Gasteiger partial charge in [0, 0.05) is 23.9 Å². The number of halogens is 2. The Balaban J connectivity index is 1.76. The van der Waals surface area contributed by atoms with E-state index in [2.05, 4.69) is 5.32 Å². The predicted molar refractivity (Wildman–Crippen MR) is 122 cm³/mol. The Morgan fingerprint density at radius 3 is 2.39 bits per heavy atom. The van der Waals surface area contributed by atoms with Gasteiger partial charge in [0.15, 0.2) is 0 Å². The van der Waals surface area contributed by atoms with E-state index < -0.39 is 11.7 Å². The molecule has 0 radical (unpaired) electrons. The van der Waals surface area contributed by atoms with Crippen molar-refractivity contribution in [3.05, 3.63) is 94.7 Å². The van der Waals surface area contributed by atoms with Gasteiger partial charge in [0.25, 0.3) is 11.8 Å². The molecule has 3 N–H and O–H groups in total. The van der Waals surface area contributed by atoms with Crippen LogP contribution in [-0.2, 0) is 6.42 Å². The Hall–Kier alpha value is -4.00. The van der Waals surface area contributed by atoms with Gasteiger partial charge >= 0.3 is 0 Å². The van der Waals surface area contributed by atoms with Crippen LogP contribution in [0.25, 0.3) is 22.1 Å². The zero-order valence-electron chi connectivity index (χ0n) is 18.0. The topological polar surface area (TPSA) is 85.3 Å². The van der Waals surface area contributed by atoms with Crippen LogP contribution >= 0.6 is 0 Å². The fourth-order valence-corrected chi connectivity index (χ4v) is 3.74. The summed E-state index contributed by atoms with van der Waals surface area (Å²) in [5.74, 6) is -1.57. The average molecular weight is 448 g/mol. The molecule has 0 saturated carbocycles. The molecule has 0 saturated heterocycles. The minimum Gasteiger partial charge on any atom is -0.460 e. The lowest BCUT2D eigenvalue weighted by atomic mass is 9.98. The van der Waals surface area contributed by atoms with Crippen LogP contribution < -0.4 is 11.1 Å². The van der Waals surface area contributed by atoms with Crippen LogP contribution in [0.1, 0.15) is 45.4 Å². The molecule has 0 aliphatic rings. The highest BCUT2D eigenvalue weighted by Gasteiger charge is 2.20. The number of rotatable bonds is 7. The maximum absolute atomic E-state index is 14.3. The third-order valence-electron chi connectivity index (χ3n) is 5.31. The second-order valence-electron chi connectivity index (χ2n) is 7.76. The Morgan fingerprint density at radius 2 is 1.70 bits per heavy atom. The van der Waals surface area contributed by atoms with Crippen LogP contribution in [0, 0.1) is 11.6 Å². The van der Waals surface area contributed by atoms with Gasteiger partial charge < -0.3 is 15.5 Å². The highest BCUT2D eigenvalue weighted by molar-refractivity contribution is 6.07. The number of carbonyl (C=O) groups excluding carboxylic acids is 2. The molecule has 4 aromatic rings. The van der Waals surface area contributed by atoms with Crippen LogP contribution in [0.3, 0.4) is 0 Å². The molecule has 0 spiro atoms. The van der Waals surface area contributed by atoms with Gasteiger partial charge in [0.1, 0.15) is 23.0 Å². The van der Waals surface area contributed by atoms with Crippen LogP contribution in [-0.4, -0.2) is 18.4 Å². The number of carbonyl (C=O) groups is 2. The summed E-state index contributed by atoms with van der Waals surface area (Å²) in [5, 5.41) is 3.22. The lowest BCUT2D eigenvalue weighted by molar-refractivity contribution is 0.0952. The minimum absolute atomic E-state index is 0.206. The molecule has 168 valence electrons. The number of benzene rings is 3. The summed E-state index contributed by atoms with van der Waals surface area (Å²) in [4.78, 5) is 24.6. The highest BCUT2D eigenvalue weighted by Crippen LogP contribution is 2.32. The van der Waals surface area contributed by atoms with Crippen molar-refractivity contribution in [1.29, 1.82) is 0 Å². The van der Waals surface area contributed by atoms with E-state index in [4.69, 9.17) is 10.2 Å². The number of hydrogen-bond donors (Lipinski definition) is 2. The molecule has 4 rings (SSSR count). The van der Waals surface area contributed by atoms with E-state index in [1.165, 1.54) is 24.3 Å². The molecule has 0 unspecified atom stereocenters. The Labute approximate surface area is 189 Å². The zero-order valence-corrected chi connectivity index (χ0v) is 18.0. The van der Waals surface area contributed by atoms with E-state index in [1.54, 1.807) is 36.4 Å². The lowest BCUT2D eigenvalue weighted by Crippen LogP contribution is -2.24. The molecule has 0 aliphatic heterocycles. The average Bonchev–Trinajstić information content (AvgIpc) is 3.15. The minimum atomic E-state index is -0.665. The maximum Gasteiger partial charge on any atom is 0.252 e. The summed E-state index contributed by atoms with van der Waals surface area (Å²) in [6.45, 7) is 2.42. The van der Waals surface area contributed by atoms with E-state index in [0.717, 1.165) is 12.0 Å². The van der Waals surface area contributed by atoms with Crippen molar-refractivity contribution in [3.63, 3.8) is 0 Å². The first-order valence-electron chi connectivity index (χ1n) is 10.5. The number of furan rings is 1. The number of fused-ring (bicyclic) bond motifs is 1. The Morgan fingerprint density at radius 1 is 0.939 bits per heavy atom. The SMILES string of the molecule is CCCNC(=O)c1cc(F)cc(-c2ccc3oc(Cc4ccc(F)cc4)c(C(N)=O)c3c2)c1. The van der Waals surface area contributed by atoms with E-state index in [-0.39, 0.29) is 29.3 Å². The first-order chi connectivity index (χ1) is 15.9. The first-order valence-corrected chi connectivity index (χ1v) is 10.5. The van der Waals surface area contributed by atoms with Crippen molar-refractivity contribution in [3.8, 4) is 11.1 Å². The van der Waals surface area contributed by atoms with Gasteiger partial charge in [-0.2, -0.15) is 0 Å². The van der Waals surface area contributed by atoms with Gasteiger partial charge in [-0.05, 0) is 65.6 Å². The fourth-order valence-electron chi connectivity index (χ4n) is 3.74. The van der Waals surface area contributed by atoms with Gasteiger partial charge in [-0.25, -0.2) is 8.78 Å². The molecule has 5 nitrogen and oxygen atoms in total. The summed E-state index contributed by atoms with van der Waals surface area (Å²) in [7, 11) is 0. The first kappa shape index (κ1) is 22.2. The molecule has 2 amide bonds. The van der Waals surface area contributed by atoms with Crippen molar-refractivity contribution < 1.29 is 22.8 Å². The third-order valence-corrected chi connectivity index (χ3v) is 5.31. The summed E-state index contributed by atoms with van der Waals surface area (Å²) >= 11 is 0. The summed E-state index contributed by atoms with van der Waals surface area (Å²) in [5.41, 5.74) is 8.36. The standard InChI is InChI=1S/C26H22F2N2O3/c1-2-9-30-26(32)18-11-17(12-20(28)13-18)16-5-8-22-21(14-16)24(25(29)31)23(33-22)10-15-3-6-19(27)7-4-15/h3-8,11-14H,2,9-10H2,1H3,(H2,29,31)(H,30,32). The molecule has 1 aromatic heterocycles. The Bertz CT molecular complexity index is 1340. The van der Waals surface area contributed by atoms with Crippen molar-refractivity contribution >= 4 is 22.8 Å². The van der Waals surface area contributed by atoms with Gasteiger partial charge in [0.2, 0.25) is 0 Å². The molecule has 7 heteroatoms. The maximum atomic E-state index is 14.3. The van der Waals surface area contributed by atoms with Crippen molar-refractivity contribution in [2.45, 2.75) is 19.8 Å². The molecule has 1 heterocycles. The smallest absolute Gasteiger partial charge is 0.252 e. The summed E-state index contributed by atoms with van der Waals surface area (Å²) < 4.78 is 33.4. The number of hydrogen-bond acceptors (Lipinski definition) is 3. The van der Waals surface area contributed by atoms with Crippen LogP contribution in [0.15, 0.2) is 65.1 Å². The third kappa shape index (κ3) is 4.77. The molecule has 0 fully saturated rings. The summed E-state index contributed by atoms with van der Waals surface area (Å²) in [6, 6.07) is 15.1. The van der Waals surface area contributed by atoms with Crippen molar-refractivity contribution in [2.75, 3.05) is 6.54 Å². The van der Waals surface area contributed by atoms with Crippen molar-refractivity contribution in [2.24, 2.45) is 5.73 Å². The second-order valence-corrected chi connectivity index (χ2v) is 7.76. The van der Waals surface area contributed by atoms with E-state index >= 15 is 0 Å². The molecule has 0 bridgehead atoms. The highest BCUT2D eigenvalue weighted by atomic mass is 19.1. The predicted octanol–water partition coefficient (Wildman–Crippen LogP) is 5.21. The molecule has 0 aliphatic carbocycles. The number of primary amides is 1. The van der Waals surface area contributed by atoms with E-state index in [9.17, 15) is 18.4 Å². The zero-order chi connectivity index (χ0) is 23.5. The van der Waals surface area contributed by atoms with Gasteiger partial charge in [-0.1, -0.05) is 25.1 Å². The summed E-state index contributed by atoms with van der Waals surface area (Å²) in [6.07, 6.45) is 1.02. The van der Waals surface area contributed by atoms with Crippen LogP contribution in [0.2, 0.25) is 0 Å². The largest absolute Gasteiger partial charge is 0.460 e. The lowest BCUT2D eigenvalue weighted by Gasteiger charge is -2.08.